The van der Waals surface area contributed by atoms with Crippen LogP contribution in [0.25, 0.3) is 6.08 Å². The Bertz CT molecular complexity index is 979. The molecule has 3 nitrogen and oxygen atoms in total. The Labute approximate surface area is 171 Å². The number of hydrogen-bond donors (Lipinski definition) is 0. The molecule has 0 atom stereocenters. The van der Waals surface area contributed by atoms with Gasteiger partial charge in [0.2, 0.25) is 0 Å². The molecule has 3 aromatic rings. The molecule has 0 fully saturated rings. The van der Waals surface area contributed by atoms with Crippen LogP contribution in [0, 0.1) is 0 Å². The molecule has 27 heavy (non-hydrogen) atoms. The maximum absolute atomic E-state index is 12.2. The van der Waals surface area contributed by atoms with E-state index in [9.17, 15) is 4.79 Å². The molecule has 0 bridgehead atoms. The number of rotatable bonds is 7. The summed E-state index contributed by atoms with van der Waals surface area (Å²) in [7, 11) is 1.61. The molecule has 0 N–H and O–H groups in total. The monoisotopic (exact) mass is 418 g/mol. The van der Waals surface area contributed by atoms with Gasteiger partial charge in [0.1, 0.15) is 18.1 Å². The summed E-state index contributed by atoms with van der Waals surface area (Å²) in [5.41, 5.74) is 1.72. The maximum Gasteiger partial charge on any atom is 0.195 e. The van der Waals surface area contributed by atoms with E-state index in [0.717, 1.165) is 11.1 Å². The van der Waals surface area contributed by atoms with Crippen molar-refractivity contribution in [3.05, 3.63) is 86.0 Å². The number of ether oxygens (including phenoxy) is 2. The molecule has 0 spiro atoms. The first-order valence-electron chi connectivity index (χ1n) is 8.09. The van der Waals surface area contributed by atoms with E-state index in [-0.39, 0.29) is 5.78 Å². The normalized spacial score (nSPS) is 10.9. The lowest BCUT2D eigenvalue weighted by molar-refractivity contribution is 0.105. The van der Waals surface area contributed by atoms with E-state index in [4.69, 9.17) is 32.7 Å². The number of carbonyl (C=O) groups is 1. The summed E-state index contributed by atoms with van der Waals surface area (Å²) < 4.78 is 11.8. The molecule has 0 aliphatic carbocycles. The molecule has 1 heterocycles. The Morgan fingerprint density at radius 3 is 2.59 bits per heavy atom. The number of carbonyl (C=O) groups excluding carboxylic acids is 1. The quantitative estimate of drug-likeness (QED) is 0.322. The van der Waals surface area contributed by atoms with Crippen molar-refractivity contribution >= 4 is 46.4 Å². The molecule has 0 aliphatic rings. The van der Waals surface area contributed by atoms with Crippen LogP contribution in [0.4, 0.5) is 0 Å². The topological polar surface area (TPSA) is 35.5 Å². The highest BCUT2D eigenvalue weighted by atomic mass is 35.5. The van der Waals surface area contributed by atoms with Gasteiger partial charge in [-0.2, -0.15) is 0 Å². The van der Waals surface area contributed by atoms with Crippen molar-refractivity contribution in [2.75, 3.05) is 7.11 Å². The van der Waals surface area contributed by atoms with Crippen LogP contribution in [-0.4, -0.2) is 12.9 Å². The predicted molar refractivity (Wildman–Crippen MR) is 111 cm³/mol. The summed E-state index contributed by atoms with van der Waals surface area (Å²) in [4.78, 5) is 12.8. The van der Waals surface area contributed by atoms with Gasteiger partial charge in [-0.1, -0.05) is 47.5 Å². The highest BCUT2D eigenvalue weighted by molar-refractivity contribution is 7.18. The second kappa shape index (κ2) is 9.09. The smallest absolute Gasteiger partial charge is 0.195 e. The first-order valence-corrected chi connectivity index (χ1v) is 9.66. The first-order chi connectivity index (χ1) is 13.1. The minimum absolute atomic E-state index is 0.0865. The average molecular weight is 419 g/mol. The molecule has 6 heteroatoms. The number of hydrogen-bond acceptors (Lipinski definition) is 4. The van der Waals surface area contributed by atoms with E-state index in [1.54, 1.807) is 31.4 Å². The van der Waals surface area contributed by atoms with E-state index in [1.165, 1.54) is 17.4 Å². The van der Waals surface area contributed by atoms with Crippen LogP contribution in [0.5, 0.6) is 11.5 Å². The minimum atomic E-state index is -0.0865. The van der Waals surface area contributed by atoms with Crippen molar-refractivity contribution < 1.29 is 14.3 Å². The fraction of sp³-hybridized carbons (Fsp3) is 0.0952. The molecule has 138 valence electrons. The molecule has 0 aliphatic heterocycles. The number of para-hydroxylation sites is 1. The third kappa shape index (κ3) is 5.13. The van der Waals surface area contributed by atoms with Crippen LogP contribution in [0.1, 0.15) is 20.8 Å². The number of benzene rings is 2. The highest BCUT2D eigenvalue weighted by Gasteiger charge is 2.08. The largest absolute Gasteiger partial charge is 0.496 e. The third-order valence-electron chi connectivity index (χ3n) is 3.77. The molecule has 0 amide bonds. The van der Waals surface area contributed by atoms with E-state index in [2.05, 4.69) is 0 Å². The van der Waals surface area contributed by atoms with E-state index < -0.39 is 0 Å². The highest BCUT2D eigenvalue weighted by Crippen LogP contribution is 2.27. The zero-order valence-corrected chi connectivity index (χ0v) is 16.8. The number of thiophene rings is 1. The number of halogens is 2. The summed E-state index contributed by atoms with van der Waals surface area (Å²) in [5, 5.41) is 0.549. The molecule has 0 unspecified atom stereocenters. The molecule has 1 aromatic heterocycles. The van der Waals surface area contributed by atoms with Gasteiger partial charge in [0, 0.05) is 5.56 Å². The zero-order chi connectivity index (χ0) is 19.2. The fourth-order valence-corrected chi connectivity index (χ4v) is 3.59. The minimum Gasteiger partial charge on any atom is -0.496 e. The van der Waals surface area contributed by atoms with E-state index in [0.29, 0.717) is 32.3 Å². The lowest BCUT2D eigenvalue weighted by Crippen LogP contribution is -1.99. The summed E-state index contributed by atoms with van der Waals surface area (Å²) >= 11 is 13.3. The number of methoxy groups -OCH3 is 1. The number of allylic oxidation sites excluding steroid dienone is 1. The molecule has 0 radical (unpaired) electrons. The fourth-order valence-electron chi connectivity index (χ4n) is 2.43. The second-order valence-electron chi connectivity index (χ2n) is 5.59. The molecular weight excluding hydrogens is 403 g/mol. The standard InChI is InChI=1S/C21H16Cl2O3S/c1-25-18-9-7-14(6-8-17(24)20-10-11-21(23)27-20)12-15(18)13-26-19-5-3-2-4-16(19)22/h2-12H,13H2,1H3/b8-6+. The van der Waals surface area contributed by atoms with Crippen molar-refractivity contribution in [1.29, 1.82) is 0 Å². The molecule has 0 saturated heterocycles. The lowest BCUT2D eigenvalue weighted by atomic mass is 10.1. The SMILES string of the molecule is COc1ccc(/C=C/C(=O)c2ccc(Cl)s2)cc1COc1ccccc1Cl. The van der Waals surface area contributed by atoms with E-state index >= 15 is 0 Å². The molecular formula is C21H16Cl2O3S. The zero-order valence-electron chi connectivity index (χ0n) is 14.4. The summed E-state index contributed by atoms with van der Waals surface area (Å²) in [6.45, 7) is 0.295. The van der Waals surface area contributed by atoms with Crippen molar-refractivity contribution in [1.82, 2.24) is 0 Å². The van der Waals surface area contributed by atoms with Crippen molar-refractivity contribution in [3.8, 4) is 11.5 Å². The van der Waals surface area contributed by atoms with Crippen molar-refractivity contribution in [3.63, 3.8) is 0 Å². The molecule has 3 rings (SSSR count). The average Bonchev–Trinajstić information content (AvgIpc) is 3.12. The van der Waals surface area contributed by atoms with Gasteiger partial charge in [-0.05, 0) is 48.0 Å². The Hall–Kier alpha value is -2.27. The van der Waals surface area contributed by atoms with Gasteiger partial charge in [0.05, 0.1) is 21.3 Å². The lowest BCUT2D eigenvalue weighted by Gasteiger charge is -2.12. The summed E-state index contributed by atoms with van der Waals surface area (Å²) in [5.74, 6) is 1.22. The van der Waals surface area contributed by atoms with Crippen LogP contribution in [0.15, 0.2) is 60.7 Å². The summed E-state index contributed by atoms with van der Waals surface area (Å²) in [6, 6.07) is 16.4. The molecule has 2 aromatic carbocycles. The predicted octanol–water partition coefficient (Wildman–Crippen LogP) is 6.54. The van der Waals surface area contributed by atoms with E-state index in [1.807, 2.05) is 36.4 Å². The Morgan fingerprint density at radius 2 is 1.89 bits per heavy atom. The van der Waals surface area contributed by atoms with Gasteiger partial charge in [0.15, 0.2) is 5.78 Å². The van der Waals surface area contributed by atoms with Gasteiger partial charge in [-0.15, -0.1) is 11.3 Å². The van der Waals surface area contributed by atoms with Gasteiger partial charge in [-0.3, -0.25) is 4.79 Å². The van der Waals surface area contributed by atoms with Crippen LogP contribution in [-0.2, 0) is 6.61 Å². The Morgan fingerprint density at radius 1 is 1.07 bits per heavy atom. The van der Waals surface area contributed by atoms with Crippen LogP contribution in [0.2, 0.25) is 9.36 Å². The van der Waals surface area contributed by atoms with Crippen LogP contribution < -0.4 is 9.47 Å². The Balaban J connectivity index is 1.75. The van der Waals surface area contributed by atoms with Crippen LogP contribution >= 0.6 is 34.5 Å². The second-order valence-corrected chi connectivity index (χ2v) is 7.71. The third-order valence-corrected chi connectivity index (χ3v) is 5.33. The molecule has 0 saturated carbocycles. The Kier molecular flexibility index (Phi) is 6.56. The van der Waals surface area contributed by atoms with Crippen molar-refractivity contribution in [2.45, 2.75) is 6.61 Å². The van der Waals surface area contributed by atoms with Crippen molar-refractivity contribution in [2.24, 2.45) is 0 Å². The maximum atomic E-state index is 12.2. The van der Waals surface area contributed by atoms with Gasteiger partial charge < -0.3 is 9.47 Å². The van der Waals surface area contributed by atoms with Gasteiger partial charge in [-0.25, -0.2) is 0 Å². The van der Waals surface area contributed by atoms with Crippen LogP contribution in [0.3, 0.4) is 0 Å². The summed E-state index contributed by atoms with van der Waals surface area (Å²) in [6.07, 6.45) is 3.29. The first kappa shape index (κ1) is 19.5. The van der Waals surface area contributed by atoms with Gasteiger partial charge in [0.25, 0.3) is 0 Å². The van der Waals surface area contributed by atoms with Gasteiger partial charge >= 0.3 is 0 Å². The number of ketones is 1.